The molecular formula is C23H27N3O3S2. The third-order valence-corrected chi connectivity index (χ3v) is 7.30. The van der Waals surface area contributed by atoms with Gasteiger partial charge in [-0.25, -0.2) is 4.98 Å². The number of methoxy groups -OCH3 is 1. The summed E-state index contributed by atoms with van der Waals surface area (Å²) in [6.45, 7) is 6.79. The summed E-state index contributed by atoms with van der Waals surface area (Å²) < 4.78 is 11.8. The van der Waals surface area contributed by atoms with Crippen LogP contribution in [0.25, 0.3) is 10.2 Å². The van der Waals surface area contributed by atoms with Gasteiger partial charge in [0.05, 0.1) is 36.3 Å². The summed E-state index contributed by atoms with van der Waals surface area (Å²) in [7, 11) is 1.65. The molecule has 31 heavy (non-hydrogen) atoms. The molecule has 0 unspecified atom stereocenters. The van der Waals surface area contributed by atoms with E-state index in [2.05, 4.69) is 36.1 Å². The number of aryl methyl sites for hydroxylation is 1. The first-order chi connectivity index (χ1) is 15.1. The van der Waals surface area contributed by atoms with Crippen molar-refractivity contribution in [2.45, 2.75) is 11.8 Å². The van der Waals surface area contributed by atoms with Crippen molar-refractivity contribution in [2.75, 3.05) is 57.2 Å². The lowest BCUT2D eigenvalue weighted by molar-refractivity contribution is -0.116. The molecule has 1 amide bonds. The molecule has 3 aromatic rings. The van der Waals surface area contributed by atoms with Crippen LogP contribution >= 0.6 is 23.1 Å². The van der Waals surface area contributed by atoms with Crippen LogP contribution in [0.3, 0.4) is 0 Å². The fourth-order valence-electron chi connectivity index (χ4n) is 3.39. The zero-order valence-electron chi connectivity index (χ0n) is 17.9. The normalized spacial score (nSPS) is 14.6. The maximum atomic E-state index is 13.3. The number of benzene rings is 2. The number of fused-ring (bicyclic) bond motifs is 1. The predicted octanol–water partition coefficient (Wildman–Crippen LogP) is 4.07. The molecule has 2 aromatic carbocycles. The minimum absolute atomic E-state index is 0.0739. The number of rotatable bonds is 8. The van der Waals surface area contributed by atoms with Gasteiger partial charge in [0.1, 0.15) is 5.75 Å². The fraction of sp³-hybridized carbons (Fsp3) is 0.391. The molecule has 1 aliphatic heterocycles. The highest BCUT2D eigenvalue weighted by atomic mass is 32.2. The first-order valence-corrected chi connectivity index (χ1v) is 12.2. The Labute approximate surface area is 191 Å². The highest BCUT2D eigenvalue weighted by molar-refractivity contribution is 8.00. The van der Waals surface area contributed by atoms with Crippen molar-refractivity contribution in [3.05, 3.63) is 48.0 Å². The van der Waals surface area contributed by atoms with Crippen LogP contribution in [0.2, 0.25) is 0 Å². The molecule has 2 heterocycles. The van der Waals surface area contributed by atoms with Crippen LogP contribution < -0.4 is 9.64 Å². The van der Waals surface area contributed by atoms with Crippen LogP contribution in [0.1, 0.15) is 5.56 Å². The number of carbonyl (C=O) groups excluding carboxylic acids is 1. The van der Waals surface area contributed by atoms with Crippen LogP contribution in [0.4, 0.5) is 5.13 Å². The number of nitrogens with zero attached hydrogens (tertiary/aromatic N) is 3. The van der Waals surface area contributed by atoms with Crippen molar-refractivity contribution in [1.29, 1.82) is 0 Å². The van der Waals surface area contributed by atoms with Gasteiger partial charge >= 0.3 is 0 Å². The molecule has 8 heteroatoms. The Hall–Kier alpha value is -2.13. The maximum absolute atomic E-state index is 13.3. The van der Waals surface area contributed by atoms with Gasteiger partial charge in [0.25, 0.3) is 0 Å². The molecule has 1 aromatic heterocycles. The van der Waals surface area contributed by atoms with E-state index in [4.69, 9.17) is 14.5 Å². The molecule has 0 spiro atoms. The lowest BCUT2D eigenvalue weighted by Crippen LogP contribution is -2.43. The van der Waals surface area contributed by atoms with E-state index in [0.717, 1.165) is 58.8 Å². The summed E-state index contributed by atoms with van der Waals surface area (Å²) in [6.07, 6.45) is 0. The van der Waals surface area contributed by atoms with Crippen molar-refractivity contribution in [2.24, 2.45) is 0 Å². The zero-order valence-corrected chi connectivity index (χ0v) is 19.5. The van der Waals surface area contributed by atoms with Gasteiger partial charge in [0.2, 0.25) is 5.91 Å². The van der Waals surface area contributed by atoms with E-state index in [9.17, 15) is 4.79 Å². The SMILES string of the molecule is COc1ccc2sc(N(CCN3CCOCC3)C(=O)CSc3ccc(C)cc3)nc2c1. The van der Waals surface area contributed by atoms with Gasteiger partial charge in [0.15, 0.2) is 5.13 Å². The maximum Gasteiger partial charge on any atom is 0.239 e. The minimum atomic E-state index is 0.0739. The molecule has 1 aliphatic rings. The Morgan fingerprint density at radius 3 is 2.74 bits per heavy atom. The fourth-order valence-corrected chi connectivity index (χ4v) is 5.15. The number of anilines is 1. The average Bonchev–Trinajstić information content (AvgIpc) is 3.22. The number of morpholine rings is 1. The minimum Gasteiger partial charge on any atom is -0.497 e. The number of carbonyl (C=O) groups is 1. The van der Waals surface area contributed by atoms with E-state index in [0.29, 0.717) is 12.3 Å². The lowest BCUT2D eigenvalue weighted by atomic mass is 10.2. The van der Waals surface area contributed by atoms with Crippen molar-refractivity contribution < 1.29 is 14.3 Å². The number of hydrogen-bond acceptors (Lipinski definition) is 7. The first-order valence-electron chi connectivity index (χ1n) is 10.4. The molecule has 6 nitrogen and oxygen atoms in total. The van der Waals surface area contributed by atoms with Gasteiger partial charge in [-0.2, -0.15) is 0 Å². The van der Waals surface area contributed by atoms with E-state index >= 15 is 0 Å². The Bertz CT molecular complexity index is 1020. The monoisotopic (exact) mass is 457 g/mol. The van der Waals surface area contributed by atoms with Crippen LogP contribution in [0, 0.1) is 6.92 Å². The predicted molar refractivity (Wildman–Crippen MR) is 128 cm³/mol. The molecule has 0 atom stereocenters. The van der Waals surface area contributed by atoms with Gasteiger partial charge in [0, 0.05) is 37.1 Å². The Morgan fingerprint density at radius 1 is 1.23 bits per heavy atom. The number of thioether (sulfide) groups is 1. The summed E-state index contributed by atoms with van der Waals surface area (Å²) in [5.74, 6) is 1.22. The van der Waals surface area contributed by atoms with Gasteiger partial charge in [-0.15, -0.1) is 11.8 Å². The zero-order chi connectivity index (χ0) is 21.6. The molecule has 1 saturated heterocycles. The summed E-state index contributed by atoms with van der Waals surface area (Å²) in [6, 6.07) is 14.1. The molecule has 164 valence electrons. The highest BCUT2D eigenvalue weighted by Gasteiger charge is 2.22. The van der Waals surface area contributed by atoms with E-state index in [-0.39, 0.29) is 5.91 Å². The summed E-state index contributed by atoms with van der Waals surface area (Å²) in [4.78, 5) is 23.3. The molecule has 0 saturated carbocycles. The molecule has 0 radical (unpaired) electrons. The second-order valence-corrected chi connectivity index (χ2v) is 9.49. The van der Waals surface area contributed by atoms with Crippen molar-refractivity contribution in [1.82, 2.24) is 9.88 Å². The number of amides is 1. The number of aromatic nitrogens is 1. The highest BCUT2D eigenvalue weighted by Crippen LogP contribution is 2.32. The number of ether oxygens (including phenoxy) is 2. The Morgan fingerprint density at radius 2 is 2.00 bits per heavy atom. The Kier molecular flexibility index (Phi) is 7.45. The molecule has 0 aliphatic carbocycles. The van der Waals surface area contributed by atoms with Gasteiger partial charge in [-0.1, -0.05) is 29.0 Å². The number of hydrogen-bond donors (Lipinski definition) is 0. The van der Waals surface area contributed by atoms with E-state index in [1.54, 1.807) is 30.2 Å². The van der Waals surface area contributed by atoms with Crippen LogP contribution in [-0.4, -0.2) is 68.0 Å². The molecule has 1 fully saturated rings. The molecule has 4 rings (SSSR count). The summed E-state index contributed by atoms with van der Waals surface area (Å²) >= 11 is 3.12. The summed E-state index contributed by atoms with van der Waals surface area (Å²) in [5, 5.41) is 0.742. The van der Waals surface area contributed by atoms with Crippen molar-refractivity contribution in [3.8, 4) is 5.75 Å². The standard InChI is InChI=1S/C23H27N3O3S2/c1-17-3-6-19(7-4-17)30-16-22(27)26(10-9-25-11-13-29-14-12-25)23-24-20-15-18(28-2)5-8-21(20)31-23/h3-8,15H,9-14,16H2,1-2H3. The van der Waals surface area contributed by atoms with Crippen LogP contribution in [0.5, 0.6) is 5.75 Å². The van der Waals surface area contributed by atoms with E-state index in [1.165, 1.54) is 5.56 Å². The van der Waals surface area contributed by atoms with Gasteiger partial charge in [-0.3, -0.25) is 14.6 Å². The molecule has 0 bridgehead atoms. The average molecular weight is 458 g/mol. The van der Waals surface area contributed by atoms with Crippen LogP contribution in [0.15, 0.2) is 47.4 Å². The molecular weight excluding hydrogens is 430 g/mol. The van der Waals surface area contributed by atoms with E-state index in [1.807, 2.05) is 23.1 Å². The van der Waals surface area contributed by atoms with Gasteiger partial charge < -0.3 is 9.47 Å². The smallest absolute Gasteiger partial charge is 0.239 e. The largest absolute Gasteiger partial charge is 0.497 e. The lowest BCUT2D eigenvalue weighted by Gasteiger charge is -2.29. The van der Waals surface area contributed by atoms with Crippen molar-refractivity contribution in [3.63, 3.8) is 0 Å². The first kappa shape index (κ1) is 22.1. The van der Waals surface area contributed by atoms with Crippen LogP contribution in [-0.2, 0) is 9.53 Å². The second kappa shape index (κ2) is 10.5. The summed E-state index contributed by atoms with van der Waals surface area (Å²) in [5.41, 5.74) is 2.07. The topological polar surface area (TPSA) is 54.9 Å². The Balaban J connectivity index is 1.51. The van der Waals surface area contributed by atoms with Gasteiger partial charge in [-0.05, 0) is 31.2 Å². The third-order valence-electron chi connectivity index (χ3n) is 5.24. The second-order valence-electron chi connectivity index (χ2n) is 7.43. The number of thiazole rings is 1. The molecule has 0 N–H and O–H groups in total. The third kappa shape index (κ3) is 5.77. The van der Waals surface area contributed by atoms with E-state index < -0.39 is 0 Å². The quantitative estimate of drug-likeness (QED) is 0.475. The van der Waals surface area contributed by atoms with Crippen molar-refractivity contribution >= 4 is 44.4 Å².